The Morgan fingerprint density at radius 1 is 1.10 bits per heavy atom. The summed E-state index contributed by atoms with van der Waals surface area (Å²) in [7, 11) is 5.71. The van der Waals surface area contributed by atoms with E-state index in [4.69, 9.17) is 10.5 Å². The van der Waals surface area contributed by atoms with Crippen molar-refractivity contribution in [2.45, 2.75) is 0 Å². The van der Waals surface area contributed by atoms with E-state index < -0.39 is 0 Å². The van der Waals surface area contributed by atoms with Crippen molar-refractivity contribution in [2.24, 2.45) is 7.05 Å². The normalized spacial score (nSPS) is 10.3. The fraction of sp³-hybridized carbons (Fsp3) is 0.188. The van der Waals surface area contributed by atoms with Crippen molar-refractivity contribution >= 4 is 17.8 Å². The Morgan fingerprint density at radius 2 is 1.76 bits per heavy atom. The number of benzene rings is 1. The highest BCUT2D eigenvalue weighted by Crippen LogP contribution is 2.15. The highest BCUT2D eigenvalue weighted by molar-refractivity contribution is 5.68. The number of rotatable bonds is 3. The molecule has 0 aliphatic carbocycles. The Balaban J connectivity index is 2.28. The van der Waals surface area contributed by atoms with Crippen molar-refractivity contribution in [1.29, 1.82) is 10.5 Å². The van der Waals surface area contributed by atoms with Crippen LogP contribution in [-0.2, 0) is 7.05 Å². The van der Waals surface area contributed by atoms with Crippen molar-refractivity contribution in [2.75, 3.05) is 19.0 Å². The van der Waals surface area contributed by atoms with Crippen LogP contribution < -0.4 is 4.90 Å². The Bertz CT molecular complexity index is 752. The summed E-state index contributed by atoms with van der Waals surface area (Å²) >= 11 is 0. The van der Waals surface area contributed by atoms with Crippen molar-refractivity contribution in [1.82, 2.24) is 9.55 Å². The minimum Gasteiger partial charge on any atom is -0.378 e. The Hall–Kier alpha value is -3.05. The second-order valence-electron chi connectivity index (χ2n) is 4.77. The van der Waals surface area contributed by atoms with Crippen LogP contribution in [0.4, 0.5) is 5.69 Å². The lowest BCUT2D eigenvalue weighted by Gasteiger charge is -2.11. The van der Waals surface area contributed by atoms with Gasteiger partial charge in [-0.25, -0.2) is 4.98 Å². The molecule has 0 aliphatic heterocycles. The zero-order valence-corrected chi connectivity index (χ0v) is 12.2. The van der Waals surface area contributed by atoms with Gasteiger partial charge in [-0.3, -0.25) is 0 Å². The summed E-state index contributed by atoms with van der Waals surface area (Å²) in [5.41, 5.74) is 2.59. The largest absolute Gasteiger partial charge is 0.378 e. The maximum Gasteiger partial charge on any atom is 0.177 e. The van der Waals surface area contributed by atoms with Crippen molar-refractivity contribution in [3.05, 3.63) is 47.0 Å². The molecule has 0 unspecified atom stereocenters. The van der Waals surface area contributed by atoms with Gasteiger partial charge in [-0.1, -0.05) is 18.2 Å². The molecule has 0 aliphatic rings. The third-order valence-electron chi connectivity index (χ3n) is 3.18. The molecular formula is C16H15N5. The molecule has 0 amide bonds. The van der Waals surface area contributed by atoms with Gasteiger partial charge in [-0.05, 0) is 23.8 Å². The standard InChI is InChI=1S/C16H15N5/c1-20(2)13-7-4-12(5-8-13)6-9-16-19-14(10-17)15(11-18)21(16)3/h4-9H,1-3H3/b9-6+. The molecule has 104 valence electrons. The third kappa shape index (κ3) is 2.93. The van der Waals surface area contributed by atoms with Gasteiger partial charge in [-0.2, -0.15) is 10.5 Å². The number of nitrogens with zero attached hydrogens (tertiary/aromatic N) is 5. The Labute approximate surface area is 124 Å². The van der Waals surface area contributed by atoms with E-state index in [0.29, 0.717) is 5.82 Å². The molecule has 0 spiro atoms. The molecule has 0 bridgehead atoms. The van der Waals surface area contributed by atoms with Crippen LogP contribution in [0.25, 0.3) is 12.2 Å². The Kier molecular flexibility index (Phi) is 4.06. The molecule has 0 atom stereocenters. The van der Waals surface area contributed by atoms with Crippen LogP contribution in [0.3, 0.4) is 0 Å². The second kappa shape index (κ2) is 5.94. The van der Waals surface area contributed by atoms with E-state index in [-0.39, 0.29) is 11.4 Å². The summed E-state index contributed by atoms with van der Waals surface area (Å²) in [6, 6.07) is 12.0. The lowest BCUT2D eigenvalue weighted by molar-refractivity contribution is 0.882. The summed E-state index contributed by atoms with van der Waals surface area (Å²) < 4.78 is 1.61. The van der Waals surface area contributed by atoms with Gasteiger partial charge >= 0.3 is 0 Å². The predicted octanol–water partition coefficient (Wildman–Crippen LogP) is 2.40. The molecule has 0 saturated heterocycles. The topological polar surface area (TPSA) is 68.6 Å². The second-order valence-corrected chi connectivity index (χ2v) is 4.77. The van der Waals surface area contributed by atoms with Gasteiger partial charge in [0.2, 0.25) is 0 Å². The number of aromatic nitrogens is 2. The zero-order valence-electron chi connectivity index (χ0n) is 12.2. The molecule has 1 aromatic carbocycles. The number of hydrogen-bond acceptors (Lipinski definition) is 4. The molecule has 2 rings (SSSR count). The number of anilines is 1. The molecule has 0 N–H and O–H groups in total. The van der Waals surface area contributed by atoms with E-state index in [9.17, 15) is 0 Å². The minimum absolute atomic E-state index is 0.155. The maximum absolute atomic E-state index is 9.02. The van der Waals surface area contributed by atoms with E-state index in [1.54, 1.807) is 17.7 Å². The average molecular weight is 277 g/mol. The first-order valence-corrected chi connectivity index (χ1v) is 6.39. The van der Waals surface area contributed by atoms with Crippen molar-refractivity contribution in [3.8, 4) is 12.1 Å². The van der Waals surface area contributed by atoms with Gasteiger partial charge < -0.3 is 9.47 Å². The van der Waals surface area contributed by atoms with Crippen LogP contribution in [0.2, 0.25) is 0 Å². The van der Waals surface area contributed by atoms with Crippen LogP contribution in [0.1, 0.15) is 22.8 Å². The highest BCUT2D eigenvalue weighted by Gasteiger charge is 2.11. The molecule has 5 heteroatoms. The third-order valence-corrected chi connectivity index (χ3v) is 3.18. The van der Waals surface area contributed by atoms with Crippen LogP contribution in [0, 0.1) is 22.7 Å². The summed E-state index contributed by atoms with van der Waals surface area (Å²) in [6.07, 6.45) is 3.70. The van der Waals surface area contributed by atoms with Gasteiger partial charge in [-0.15, -0.1) is 0 Å². The summed E-state index contributed by atoms with van der Waals surface area (Å²) in [5.74, 6) is 0.583. The van der Waals surface area contributed by atoms with Crippen molar-refractivity contribution in [3.63, 3.8) is 0 Å². The van der Waals surface area contributed by atoms with Crippen LogP contribution >= 0.6 is 0 Å². The maximum atomic E-state index is 9.02. The fourth-order valence-electron chi connectivity index (χ4n) is 1.93. The number of hydrogen-bond donors (Lipinski definition) is 0. The molecular weight excluding hydrogens is 262 g/mol. The fourth-order valence-corrected chi connectivity index (χ4v) is 1.93. The van der Waals surface area contributed by atoms with Gasteiger partial charge in [0.25, 0.3) is 0 Å². The van der Waals surface area contributed by atoms with Gasteiger partial charge in [0.15, 0.2) is 11.4 Å². The number of nitriles is 2. The van der Waals surface area contributed by atoms with E-state index in [0.717, 1.165) is 11.3 Å². The average Bonchev–Trinajstić information content (AvgIpc) is 2.81. The molecule has 0 saturated carbocycles. The summed E-state index contributed by atoms with van der Waals surface area (Å²) in [5, 5.41) is 18.0. The van der Waals surface area contributed by atoms with Gasteiger partial charge in [0.05, 0.1) is 0 Å². The van der Waals surface area contributed by atoms with Gasteiger partial charge in [0.1, 0.15) is 18.0 Å². The molecule has 1 aromatic heterocycles. The summed E-state index contributed by atoms with van der Waals surface area (Å²) in [6.45, 7) is 0. The molecule has 0 radical (unpaired) electrons. The Morgan fingerprint density at radius 3 is 2.24 bits per heavy atom. The smallest absolute Gasteiger partial charge is 0.177 e. The molecule has 5 nitrogen and oxygen atoms in total. The van der Waals surface area contributed by atoms with E-state index in [1.807, 2.05) is 61.5 Å². The molecule has 21 heavy (non-hydrogen) atoms. The minimum atomic E-state index is 0.155. The van der Waals surface area contributed by atoms with Gasteiger partial charge in [0, 0.05) is 26.8 Å². The lowest BCUT2D eigenvalue weighted by Crippen LogP contribution is -2.07. The highest BCUT2D eigenvalue weighted by atomic mass is 15.1. The number of imidazole rings is 1. The quantitative estimate of drug-likeness (QED) is 0.864. The van der Waals surface area contributed by atoms with E-state index in [2.05, 4.69) is 4.98 Å². The lowest BCUT2D eigenvalue weighted by atomic mass is 10.2. The predicted molar refractivity (Wildman–Crippen MR) is 82.3 cm³/mol. The van der Waals surface area contributed by atoms with Crippen LogP contribution in [-0.4, -0.2) is 23.6 Å². The first-order valence-electron chi connectivity index (χ1n) is 6.39. The van der Waals surface area contributed by atoms with Crippen molar-refractivity contribution < 1.29 is 0 Å². The zero-order chi connectivity index (χ0) is 15.4. The monoisotopic (exact) mass is 277 g/mol. The first-order chi connectivity index (χ1) is 10.1. The SMILES string of the molecule is CN(C)c1ccc(/C=C/c2nc(C#N)c(C#N)n2C)cc1. The van der Waals surface area contributed by atoms with Crippen LogP contribution in [0.15, 0.2) is 24.3 Å². The van der Waals surface area contributed by atoms with Crippen LogP contribution in [0.5, 0.6) is 0 Å². The molecule has 2 aromatic rings. The van der Waals surface area contributed by atoms with E-state index >= 15 is 0 Å². The molecule has 1 heterocycles. The van der Waals surface area contributed by atoms with E-state index in [1.165, 1.54) is 0 Å². The first kappa shape index (κ1) is 14.4. The summed E-state index contributed by atoms with van der Waals surface area (Å²) in [4.78, 5) is 6.18. The molecule has 0 fully saturated rings.